The van der Waals surface area contributed by atoms with Crippen molar-refractivity contribution in [2.75, 3.05) is 40.0 Å². The summed E-state index contributed by atoms with van der Waals surface area (Å²) in [7, 11) is 1.74. The maximum absolute atomic E-state index is 5.55. The van der Waals surface area contributed by atoms with E-state index in [9.17, 15) is 0 Å². The van der Waals surface area contributed by atoms with Crippen LogP contribution in [0.2, 0.25) is 0 Å². The third-order valence-electron chi connectivity index (χ3n) is 3.02. The molecule has 1 fully saturated rings. The van der Waals surface area contributed by atoms with Crippen molar-refractivity contribution >= 4 is 0 Å². The molecule has 0 aliphatic heterocycles. The number of methoxy groups -OCH3 is 1. The normalized spacial score (nSPS) is 16.6. The molecule has 0 spiro atoms. The van der Waals surface area contributed by atoms with Crippen LogP contribution in [0.3, 0.4) is 0 Å². The van der Waals surface area contributed by atoms with Crippen LogP contribution in [0.5, 0.6) is 0 Å². The van der Waals surface area contributed by atoms with Crippen LogP contribution in [0.1, 0.15) is 32.1 Å². The van der Waals surface area contributed by atoms with Crippen molar-refractivity contribution in [1.29, 1.82) is 0 Å². The Morgan fingerprint density at radius 1 is 1.13 bits per heavy atom. The molecule has 90 valence electrons. The predicted octanol–water partition coefficient (Wildman–Crippen LogP) is 1.82. The van der Waals surface area contributed by atoms with E-state index in [0.717, 1.165) is 45.2 Å². The van der Waals surface area contributed by atoms with Crippen molar-refractivity contribution in [3.05, 3.63) is 0 Å². The molecule has 0 radical (unpaired) electrons. The molecule has 0 saturated heterocycles. The first-order chi connectivity index (χ1) is 7.43. The van der Waals surface area contributed by atoms with Crippen molar-refractivity contribution in [3.8, 4) is 0 Å². The molecular weight excluding hydrogens is 190 g/mol. The van der Waals surface area contributed by atoms with Crippen molar-refractivity contribution in [3.63, 3.8) is 0 Å². The van der Waals surface area contributed by atoms with Gasteiger partial charge in [0.15, 0.2) is 0 Å². The Labute approximate surface area is 93.5 Å². The molecule has 0 aromatic rings. The van der Waals surface area contributed by atoms with E-state index >= 15 is 0 Å². The van der Waals surface area contributed by atoms with Gasteiger partial charge in [0.1, 0.15) is 0 Å². The lowest BCUT2D eigenvalue weighted by atomic mass is 9.83. The molecule has 1 aliphatic rings. The molecule has 0 heterocycles. The number of ether oxygens (including phenoxy) is 2. The summed E-state index contributed by atoms with van der Waals surface area (Å²) in [5, 5.41) is 3.33. The summed E-state index contributed by atoms with van der Waals surface area (Å²) < 4.78 is 10.5. The molecule has 15 heavy (non-hydrogen) atoms. The van der Waals surface area contributed by atoms with Crippen LogP contribution < -0.4 is 5.32 Å². The van der Waals surface area contributed by atoms with E-state index in [1.54, 1.807) is 7.11 Å². The van der Waals surface area contributed by atoms with Gasteiger partial charge in [-0.05, 0) is 25.3 Å². The summed E-state index contributed by atoms with van der Waals surface area (Å²) in [6, 6.07) is 0. The minimum absolute atomic E-state index is 0.843. The Kier molecular flexibility index (Phi) is 7.88. The van der Waals surface area contributed by atoms with E-state index in [1.807, 2.05) is 0 Å². The van der Waals surface area contributed by atoms with Crippen molar-refractivity contribution in [2.45, 2.75) is 32.1 Å². The molecule has 1 saturated carbocycles. The molecule has 0 bridgehead atoms. The standard InChI is InChI=1S/C12H25NO2/c1-14-9-3-7-13-8-11-15-10-6-12-4-2-5-12/h12-13H,2-11H2,1H3. The third kappa shape index (κ3) is 6.88. The summed E-state index contributed by atoms with van der Waals surface area (Å²) >= 11 is 0. The number of rotatable bonds is 10. The summed E-state index contributed by atoms with van der Waals surface area (Å²) in [4.78, 5) is 0. The van der Waals surface area contributed by atoms with Crippen LogP contribution in [-0.2, 0) is 9.47 Å². The van der Waals surface area contributed by atoms with E-state index in [-0.39, 0.29) is 0 Å². The Morgan fingerprint density at radius 3 is 2.67 bits per heavy atom. The molecule has 3 heteroatoms. The van der Waals surface area contributed by atoms with Gasteiger partial charge in [-0.2, -0.15) is 0 Å². The maximum atomic E-state index is 5.55. The lowest BCUT2D eigenvalue weighted by molar-refractivity contribution is 0.108. The van der Waals surface area contributed by atoms with Crippen LogP contribution in [-0.4, -0.2) is 40.0 Å². The Bertz CT molecular complexity index is 138. The first kappa shape index (κ1) is 12.9. The van der Waals surface area contributed by atoms with Gasteiger partial charge in [-0.3, -0.25) is 0 Å². The van der Waals surface area contributed by atoms with Crippen molar-refractivity contribution < 1.29 is 9.47 Å². The Morgan fingerprint density at radius 2 is 2.00 bits per heavy atom. The average molecular weight is 215 g/mol. The molecular formula is C12H25NO2. The smallest absolute Gasteiger partial charge is 0.0590 e. The van der Waals surface area contributed by atoms with Crippen LogP contribution in [0.25, 0.3) is 0 Å². The molecule has 1 rings (SSSR count). The van der Waals surface area contributed by atoms with Gasteiger partial charge in [0.2, 0.25) is 0 Å². The van der Waals surface area contributed by atoms with Gasteiger partial charge in [0.05, 0.1) is 6.61 Å². The maximum Gasteiger partial charge on any atom is 0.0590 e. The SMILES string of the molecule is COCCCNCCOCCC1CCC1. The van der Waals surface area contributed by atoms with Gasteiger partial charge in [-0.1, -0.05) is 19.3 Å². The third-order valence-corrected chi connectivity index (χ3v) is 3.02. The zero-order chi connectivity index (χ0) is 10.8. The molecule has 1 aliphatic carbocycles. The van der Waals surface area contributed by atoms with Gasteiger partial charge in [-0.25, -0.2) is 0 Å². The largest absolute Gasteiger partial charge is 0.385 e. The fourth-order valence-corrected chi connectivity index (χ4v) is 1.74. The number of hydrogen-bond acceptors (Lipinski definition) is 3. The highest BCUT2D eigenvalue weighted by Gasteiger charge is 2.16. The van der Waals surface area contributed by atoms with E-state index in [2.05, 4.69) is 5.32 Å². The fourth-order valence-electron chi connectivity index (χ4n) is 1.74. The van der Waals surface area contributed by atoms with Crippen LogP contribution in [0, 0.1) is 5.92 Å². The number of nitrogens with one attached hydrogen (secondary N) is 1. The first-order valence-corrected chi connectivity index (χ1v) is 6.21. The zero-order valence-corrected chi connectivity index (χ0v) is 9.96. The molecule has 3 nitrogen and oxygen atoms in total. The Balaban J connectivity index is 1.66. The van der Waals surface area contributed by atoms with Gasteiger partial charge >= 0.3 is 0 Å². The van der Waals surface area contributed by atoms with Crippen LogP contribution >= 0.6 is 0 Å². The van der Waals surface area contributed by atoms with Crippen LogP contribution in [0.15, 0.2) is 0 Å². The highest BCUT2D eigenvalue weighted by atomic mass is 16.5. The monoisotopic (exact) mass is 215 g/mol. The second-order valence-electron chi connectivity index (χ2n) is 4.29. The molecule has 0 atom stereocenters. The van der Waals surface area contributed by atoms with E-state index in [0.29, 0.717) is 0 Å². The average Bonchev–Trinajstić information content (AvgIpc) is 2.18. The molecule has 0 unspecified atom stereocenters. The van der Waals surface area contributed by atoms with Gasteiger partial charge in [0.25, 0.3) is 0 Å². The van der Waals surface area contributed by atoms with Crippen LogP contribution in [0.4, 0.5) is 0 Å². The number of hydrogen-bond donors (Lipinski definition) is 1. The molecule has 0 amide bonds. The topological polar surface area (TPSA) is 30.5 Å². The summed E-state index contributed by atoms with van der Waals surface area (Å²) in [5.74, 6) is 0.972. The highest BCUT2D eigenvalue weighted by molar-refractivity contribution is 4.68. The van der Waals surface area contributed by atoms with Gasteiger partial charge in [-0.15, -0.1) is 0 Å². The Hall–Kier alpha value is -0.120. The molecule has 0 aromatic heterocycles. The van der Waals surface area contributed by atoms with Crippen molar-refractivity contribution in [2.24, 2.45) is 5.92 Å². The quantitative estimate of drug-likeness (QED) is 0.564. The second kappa shape index (κ2) is 9.13. The lowest BCUT2D eigenvalue weighted by Crippen LogP contribution is -2.22. The second-order valence-corrected chi connectivity index (χ2v) is 4.29. The minimum Gasteiger partial charge on any atom is -0.385 e. The van der Waals surface area contributed by atoms with Gasteiger partial charge in [0, 0.05) is 26.9 Å². The molecule has 0 aromatic carbocycles. The minimum atomic E-state index is 0.843. The van der Waals surface area contributed by atoms with Crippen molar-refractivity contribution in [1.82, 2.24) is 5.32 Å². The summed E-state index contributed by atoms with van der Waals surface area (Å²) in [6.07, 6.45) is 6.64. The first-order valence-electron chi connectivity index (χ1n) is 6.21. The highest BCUT2D eigenvalue weighted by Crippen LogP contribution is 2.28. The van der Waals surface area contributed by atoms with E-state index < -0.39 is 0 Å². The zero-order valence-electron chi connectivity index (χ0n) is 9.96. The van der Waals surface area contributed by atoms with Gasteiger partial charge < -0.3 is 14.8 Å². The summed E-state index contributed by atoms with van der Waals surface area (Å²) in [6.45, 7) is 4.63. The molecule has 1 N–H and O–H groups in total. The lowest BCUT2D eigenvalue weighted by Gasteiger charge is -2.24. The summed E-state index contributed by atoms with van der Waals surface area (Å²) in [5.41, 5.74) is 0. The predicted molar refractivity (Wildman–Crippen MR) is 62.1 cm³/mol. The van der Waals surface area contributed by atoms with E-state index in [4.69, 9.17) is 9.47 Å². The van der Waals surface area contributed by atoms with E-state index in [1.165, 1.54) is 25.7 Å². The fraction of sp³-hybridized carbons (Fsp3) is 1.00.